The van der Waals surface area contributed by atoms with Gasteiger partial charge in [0, 0.05) is 18.6 Å². The van der Waals surface area contributed by atoms with E-state index >= 15 is 0 Å². The van der Waals surface area contributed by atoms with Crippen LogP contribution in [0.2, 0.25) is 0 Å². The number of nitrogens with zero attached hydrogens (tertiary/aromatic N) is 3. The maximum atomic E-state index is 13.5. The topological polar surface area (TPSA) is 39.9 Å². The van der Waals surface area contributed by atoms with Gasteiger partial charge in [-0.05, 0) is 6.07 Å². The summed E-state index contributed by atoms with van der Waals surface area (Å²) in [4.78, 5) is 8.00. The van der Waals surface area contributed by atoms with Gasteiger partial charge in [0.2, 0.25) is 5.88 Å². The SMILES string of the molecule is Fc1ccnc2c1-c1nccn1CO2. The van der Waals surface area contributed by atoms with Crippen molar-refractivity contribution in [1.29, 1.82) is 0 Å². The standard InChI is InChI=1S/C9H6FN3O/c10-6-1-2-12-9-7(6)8-11-3-4-13(8)5-14-9/h1-4H,5H2. The van der Waals surface area contributed by atoms with Crippen molar-refractivity contribution in [2.24, 2.45) is 0 Å². The molecule has 0 atom stereocenters. The van der Waals surface area contributed by atoms with Crippen molar-refractivity contribution in [1.82, 2.24) is 14.5 Å². The number of halogens is 1. The van der Waals surface area contributed by atoms with E-state index < -0.39 is 0 Å². The van der Waals surface area contributed by atoms with Gasteiger partial charge in [0.05, 0.1) is 0 Å². The normalized spacial score (nSPS) is 12.9. The molecule has 0 fully saturated rings. The highest BCUT2D eigenvalue weighted by Crippen LogP contribution is 2.32. The van der Waals surface area contributed by atoms with Gasteiger partial charge in [0.1, 0.15) is 11.4 Å². The number of rotatable bonds is 0. The first-order valence-electron chi connectivity index (χ1n) is 4.15. The van der Waals surface area contributed by atoms with Gasteiger partial charge >= 0.3 is 0 Å². The zero-order chi connectivity index (χ0) is 9.54. The third-order valence-corrected chi connectivity index (χ3v) is 2.14. The van der Waals surface area contributed by atoms with E-state index in [1.807, 2.05) is 0 Å². The molecule has 2 aromatic heterocycles. The molecule has 0 aliphatic carbocycles. The van der Waals surface area contributed by atoms with E-state index in [1.165, 1.54) is 12.3 Å². The second kappa shape index (κ2) is 2.54. The molecule has 0 amide bonds. The molecule has 1 aliphatic rings. The van der Waals surface area contributed by atoms with Crippen molar-refractivity contribution in [3.05, 3.63) is 30.5 Å². The molecular formula is C9H6FN3O. The molecule has 5 heteroatoms. The summed E-state index contributed by atoms with van der Waals surface area (Å²) in [6.07, 6.45) is 4.73. The van der Waals surface area contributed by atoms with Crippen LogP contribution in [0, 0.1) is 5.82 Å². The van der Waals surface area contributed by atoms with Gasteiger partial charge in [0.25, 0.3) is 0 Å². The molecule has 3 heterocycles. The minimum absolute atomic E-state index is 0.309. The van der Waals surface area contributed by atoms with Gasteiger partial charge in [-0.25, -0.2) is 14.4 Å². The van der Waals surface area contributed by atoms with Crippen molar-refractivity contribution in [2.75, 3.05) is 0 Å². The van der Waals surface area contributed by atoms with Crippen LogP contribution in [0.15, 0.2) is 24.7 Å². The number of hydrogen-bond donors (Lipinski definition) is 0. The first-order chi connectivity index (χ1) is 6.86. The highest BCUT2D eigenvalue weighted by atomic mass is 19.1. The van der Waals surface area contributed by atoms with Crippen LogP contribution < -0.4 is 4.74 Å². The molecule has 0 aromatic carbocycles. The van der Waals surface area contributed by atoms with E-state index in [2.05, 4.69) is 9.97 Å². The average molecular weight is 191 g/mol. The van der Waals surface area contributed by atoms with Crippen molar-refractivity contribution >= 4 is 0 Å². The Balaban J connectivity index is 2.34. The smallest absolute Gasteiger partial charge is 0.229 e. The van der Waals surface area contributed by atoms with Crippen LogP contribution in [0.4, 0.5) is 4.39 Å². The third kappa shape index (κ3) is 0.863. The predicted molar refractivity (Wildman–Crippen MR) is 46.0 cm³/mol. The lowest BCUT2D eigenvalue weighted by Crippen LogP contribution is -2.14. The zero-order valence-corrected chi connectivity index (χ0v) is 7.14. The lowest BCUT2D eigenvalue weighted by atomic mass is 10.2. The number of fused-ring (bicyclic) bond motifs is 3. The second-order valence-electron chi connectivity index (χ2n) is 2.97. The molecule has 14 heavy (non-hydrogen) atoms. The fraction of sp³-hybridized carbons (Fsp3) is 0.111. The highest BCUT2D eigenvalue weighted by molar-refractivity contribution is 5.63. The fourth-order valence-corrected chi connectivity index (χ4v) is 1.50. The van der Waals surface area contributed by atoms with E-state index in [4.69, 9.17) is 4.74 Å². The van der Waals surface area contributed by atoms with Crippen molar-refractivity contribution in [3.63, 3.8) is 0 Å². The summed E-state index contributed by atoms with van der Waals surface area (Å²) in [5.41, 5.74) is 0.337. The number of pyridine rings is 1. The van der Waals surface area contributed by atoms with Crippen LogP contribution in [0.5, 0.6) is 5.88 Å². The fourth-order valence-electron chi connectivity index (χ4n) is 1.50. The molecule has 0 unspecified atom stereocenters. The van der Waals surface area contributed by atoms with Gasteiger partial charge in [-0.15, -0.1) is 0 Å². The summed E-state index contributed by atoms with van der Waals surface area (Å²) in [5, 5.41) is 0. The summed E-state index contributed by atoms with van der Waals surface area (Å²) >= 11 is 0. The van der Waals surface area contributed by atoms with E-state index in [0.29, 0.717) is 24.0 Å². The molecule has 0 N–H and O–H groups in total. The molecule has 0 saturated heterocycles. The molecular weight excluding hydrogens is 185 g/mol. The van der Waals surface area contributed by atoms with Crippen LogP contribution in [0.25, 0.3) is 11.4 Å². The Labute approximate surface area is 79.0 Å². The molecule has 70 valence electrons. The van der Waals surface area contributed by atoms with Crippen molar-refractivity contribution < 1.29 is 9.13 Å². The van der Waals surface area contributed by atoms with Crippen LogP contribution in [0.3, 0.4) is 0 Å². The number of ether oxygens (including phenoxy) is 1. The number of imidazole rings is 1. The zero-order valence-electron chi connectivity index (χ0n) is 7.14. The second-order valence-corrected chi connectivity index (χ2v) is 2.97. The Morgan fingerprint density at radius 3 is 3.21 bits per heavy atom. The van der Waals surface area contributed by atoms with E-state index in [0.717, 1.165) is 0 Å². The number of aromatic nitrogens is 3. The van der Waals surface area contributed by atoms with Gasteiger partial charge in [-0.3, -0.25) is 4.57 Å². The Morgan fingerprint density at radius 2 is 2.29 bits per heavy atom. The minimum atomic E-state index is -0.359. The lowest BCUT2D eigenvalue weighted by molar-refractivity contribution is 0.218. The van der Waals surface area contributed by atoms with Gasteiger partial charge in [-0.1, -0.05) is 0 Å². The van der Waals surface area contributed by atoms with Gasteiger partial charge < -0.3 is 4.74 Å². The van der Waals surface area contributed by atoms with Crippen LogP contribution in [-0.4, -0.2) is 14.5 Å². The summed E-state index contributed by atoms with van der Waals surface area (Å²) in [7, 11) is 0. The maximum Gasteiger partial charge on any atom is 0.229 e. The average Bonchev–Trinajstić information content (AvgIpc) is 2.65. The van der Waals surface area contributed by atoms with Gasteiger partial charge in [0.15, 0.2) is 12.6 Å². The maximum absolute atomic E-state index is 13.5. The molecule has 3 rings (SSSR count). The molecule has 1 aliphatic heterocycles. The Hall–Kier alpha value is -1.91. The Morgan fingerprint density at radius 1 is 1.36 bits per heavy atom. The first-order valence-corrected chi connectivity index (χ1v) is 4.15. The summed E-state index contributed by atoms with van der Waals surface area (Å²) < 4.78 is 20.4. The number of hydrogen-bond acceptors (Lipinski definition) is 3. The van der Waals surface area contributed by atoms with E-state index in [1.54, 1.807) is 17.0 Å². The molecule has 4 nitrogen and oxygen atoms in total. The van der Waals surface area contributed by atoms with Crippen molar-refractivity contribution in [3.8, 4) is 17.3 Å². The molecule has 0 spiro atoms. The van der Waals surface area contributed by atoms with Gasteiger partial charge in [-0.2, -0.15) is 0 Å². The quantitative estimate of drug-likeness (QED) is 0.632. The molecule has 2 aromatic rings. The predicted octanol–water partition coefficient (Wildman–Crippen LogP) is 1.43. The molecule has 0 saturated carbocycles. The van der Waals surface area contributed by atoms with E-state index in [9.17, 15) is 4.39 Å². The largest absolute Gasteiger partial charge is 0.455 e. The van der Waals surface area contributed by atoms with Crippen LogP contribution in [-0.2, 0) is 6.73 Å². The minimum Gasteiger partial charge on any atom is -0.455 e. The highest BCUT2D eigenvalue weighted by Gasteiger charge is 2.22. The summed E-state index contributed by atoms with van der Waals surface area (Å²) in [5.74, 6) is 0.516. The lowest BCUT2D eigenvalue weighted by Gasteiger charge is -2.17. The third-order valence-electron chi connectivity index (χ3n) is 2.14. The molecule has 0 radical (unpaired) electrons. The first kappa shape index (κ1) is 7.49. The summed E-state index contributed by atoms with van der Waals surface area (Å²) in [6.45, 7) is 0.332. The molecule has 0 bridgehead atoms. The van der Waals surface area contributed by atoms with Crippen LogP contribution >= 0.6 is 0 Å². The monoisotopic (exact) mass is 191 g/mol. The van der Waals surface area contributed by atoms with Crippen LogP contribution in [0.1, 0.15) is 0 Å². The van der Waals surface area contributed by atoms with E-state index in [-0.39, 0.29) is 5.82 Å². The Bertz CT molecular complexity index is 495. The van der Waals surface area contributed by atoms with Crippen molar-refractivity contribution in [2.45, 2.75) is 6.73 Å². The Kier molecular flexibility index (Phi) is 1.36. The summed E-state index contributed by atoms with van der Waals surface area (Å²) in [6, 6.07) is 1.30.